The smallest absolute Gasteiger partial charge is 0.323 e. The van der Waals surface area contributed by atoms with Gasteiger partial charge >= 0.3 is 5.97 Å². The number of aliphatic hydroxyl groups excluding tert-OH is 1. The quantitative estimate of drug-likeness (QED) is 0.352. The number of benzene rings is 3. The molecule has 0 radical (unpaired) electrons. The van der Waals surface area contributed by atoms with E-state index in [-0.39, 0.29) is 18.3 Å². The zero-order valence-electron chi connectivity index (χ0n) is 19.6. The summed E-state index contributed by atoms with van der Waals surface area (Å²) in [6.45, 7) is 2.03. The first kappa shape index (κ1) is 25.2. The Bertz CT molecular complexity index is 1220. The second-order valence-electron chi connectivity index (χ2n) is 8.73. The fraction of sp³-hybridized carbons (Fsp3) is 0.321. The van der Waals surface area contributed by atoms with Crippen molar-refractivity contribution in [2.75, 3.05) is 13.2 Å². The van der Waals surface area contributed by atoms with Crippen molar-refractivity contribution in [2.24, 2.45) is 0 Å². The van der Waals surface area contributed by atoms with Crippen LogP contribution in [0.1, 0.15) is 41.5 Å². The van der Waals surface area contributed by atoms with Gasteiger partial charge in [0.25, 0.3) is 0 Å². The van der Waals surface area contributed by atoms with E-state index in [4.69, 9.17) is 21.4 Å². The van der Waals surface area contributed by atoms with Crippen LogP contribution >= 0.6 is 11.6 Å². The molecule has 0 aromatic heterocycles. The van der Waals surface area contributed by atoms with Gasteiger partial charge in [-0.05, 0) is 72.6 Å². The summed E-state index contributed by atoms with van der Waals surface area (Å²) in [4.78, 5) is 11.2. The third-order valence-electron chi connectivity index (χ3n) is 6.57. The van der Waals surface area contributed by atoms with Crippen LogP contribution < -0.4 is 10.1 Å². The molecule has 4 rings (SSSR count). The summed E-state index contributed by atoms with van der Waals surface area (Å²) < 4.78 is 20.3. The molecule has 1 aliphatic rings. The molecule has 35 heavy (non-hydrogen) atoms. The van der Waals surface area contributed by atoms with Crippen LogP contribution in [0, 0.1) is 5.82 Å². The van der Waals surface area contributed by atoms with Crippen LogP contribution in [0.3, 0.4) is 0 Å². The van der Waals surface area contributed by atoms with E-state index >= 15 is 0 Å². The fourth-order valence-electron chi connectivity index (χ4n) is 4.83. The highest BCUT2D eigenvalue weighted by atomic mass is 35.5. The molecule has 0 bridgehead atoms. The first-order valence-corrected chi connectivity index (χ1v) is 12.2. The van der Waals surface area contributed by atoms with E-state index in [2.05, 4.69) is 11.4 Å². The van der Waals surface area contributed by atoms with E-state index in [9.17, 15) is 14.3 Å². The van der Waals surface area contributed by atoms with Crippen molar-refractivity contribution in [1.82, 2.24) is 5.32 Å². The number of nitrogens with one attached hydrogen (secondary N) is 1. The van der Waals surface area contributed by atoms with Crippen LogP contribution in [0.2, 0.25) is 5.02 Å². The Morgan fingerprint density at radius 1 is 1.17 bits per heavy atom. The number of halogens is 2. The molecule has 184 valence electrons. The molecule has 0 spiro atoms. The number of carboxylic acids is 1. The number of hydrogen-bond donors (Lipinski definition) is 3. The van der Waals surface area contributed by atoms with E-state index in [0.29, 0.717) is 29.4 Å². The number of aliphatic carboxylic acids is 1. The lowest BCUT2D eigenvalue weighted by Crippen LogP contribution is -2.39. The van der Waals surface area contributed by atoms with Gasteiger partial charge in [0.2, 0.25) is 0 Å². The summed E-state index contributed by atoms with van der Waals surface area (Å²) in [7, 11) is 0. The van der Waals surface area contributed by atoms with Crippen molar-refractivity contribution in [2.45, 2.75) is 44.7 Å². The Hall–Kier alpha value is -2.93. The Labute approximate surface area is 209 Å². The number of fused-ring (bicyclic) bond motifs is 1. The summed E-state index contributed by atoms with van der Waals surface area (Å²) >= 11 is 6.67. The van der Waals surface area contributed by atoms with E-state index in [1.54, 1.807) is 12.1 Å². The molecule has 3 aromatic rings. The fourth-order valence-corrected chi connectivity index (χ4v) is 5.10. The minimum atomic E-state index is -1.12. The highest BCUT2D eigenvalue weighted by molar-refractivity contribution is 6.31. The lowest BCUT2D eigenvalue weighted by molar-refractivity contribution is -0.140. The standard InChI is InChI=1S/C28H29ClFNO4/c1-2-35-27-14-18(24(29)13-19(27)15-31-26(16-32)28(33)34)12-17-10-11-22-20(17)7-5-8-21(22)23-6-3-4-9-25(23)30/h3-9,13-14,17,26,31-32H,2,10-12,15-16H2,1H3,(H,33,34)/t17-,26?/m1/s1. The second-order valence-corrected chi connectivity index (χ2v) is 9.14. The molecule has 3 N–H and O–H groups in total. The van der Waals surface area contributed by atoms with Gasteiger partial charge in [-0.2, -0.15) is 0 Å². The maximum Gasteiger partial charge on any atom is 0.323 e. The number of carbonyl (C=O) groups is 1. The van der Waals surface area contributed by atoms with Gasteiger partial charge in [-0.3, -0.25) is 10.1 Å². The van der Waals surface area contributed by atoms with E-state index in [1.165, 1.54) is 17.2 Å². The molecule has 2 atom stereocenters. The Morgan fingerprint density at radius 2 is 1.94 bits per heavy atom. The number of hydrogen-bond acceptors (Lipinski definition) is 4. The molecular formula is C28H29ClFNO4. The predicted octanol–water partition coefficient (Wildman–Crippen LogP) is 5.35. The van der Waals surface area contributed by atoms with Crippen LogP contribution in [0.25, 0.3) is 11.1 Å². The highest BCUT2D eigenvalue weighted by Crippen LogP contribution is 2.42. The van der Waals surface area contributed by atoms with E-state index in [0.717, 1.165) is 29.5 Å². The average molecular weight is 498 g/mol. The van der Waals surface area contributed by atoms with Gasteiger partial charge in [-0.1, -0.05) is 48.0 Å². The van der Waals surface area contributed by atoms with Crippen molar-refractivity contribution in [1.29, 1.82) is 0 Å². The van der Waals surface area contributed by atoms with Crippen LogP contribution in [0.15, 0.2) is 54.6 Å². The average Bonchev–Trinajstić information content (AvgIpc) is 3.25. The monoisotopic (exact) mass is 497 g/mol. The third kappa shape index (κ3) is 5.50. The molecule has 1 unspecified atom stereocenters. The van der Waals surface area contributed by atoms with Crippen molar-refractivity contribution < 1.29 is 24.1 Å². The van der Waals surface area contributed by atoms with E-state index < -0.39 is 18.6 Å². The van der Waals surface area contributed by atoms with Gasteiger partial charge < -0.3 is 14.9 Å². The van der Waals surface area contributed by atoms with Gasteiger partial charge in [0, 0.05) is 22.7 Å². The molecule has 0 heterocycles. The van der Waals surface area contributed by atoms with Gasteiger partial charge in [0.1, 0.15) is 17.6 Å². The number of rotatable bonds is 10. The summed E-state index contributed by atoms with van der Waals surface area (Å²) in [6.07, 6.45) is 2.54. The SMILES string of the molecule is CCOc1cc(C[C@H]2CCc3c(-c4ccccc4F)cccc32)c(Cl)cc1CNC(CO)C(=O)O. The zero-order valence-corrected chi connectivity index (χ0v) is 20.3. The maximum absolute atomic E-state index is 14.5. The van der Waals surface area contributed by atoms with Gasteiger partial charge in [0.15, 0.2) is 0 Å². The molecule has 0 saturated heterocycles. The maximum atomic E-state index is 14.5. The summed E-state index contributed by atoms with van der Waals surface area (Å²) in [6, 6.07) is 15.6. The molecule has 0 amide bonds. The van der Waals surface area contributed by atoms with Crippen molar-refractivity contribution in [3.05, 3.63) is 87.7 Å². The normalized spacial score (nSPS) is 15.6. The summed E-state index contributed by atoms with van der Waals surface area (Å²) in [5, 5.41) is 21.8. The van der Waals surface area contributed by atoms with Gasteiger partial charge in [-0.15, -0.1) is 0 Å². The molecule has 0 fully saturated rings. The molecule has 0 saturated carbocycles. The first-order chi connectivity index (χ1) is 16.9. The molecule has 3 aromatic carbocycles. The Balaban J connectivity index is 1.59. The Morgan fingerprint density at radius 3 is 2.66 bits per heavy atom. The lowest BCUT2D eigenvalue weighted by Gasteiger charge is -2.19. The summed E-state index contributed by atoms with van der Waals surface area (Å²) in [5.74, 6) is -0.453. The van der Waals surface area contributed by atoms with Crippen LogP contribution in [-0.4, -0.2) is 35.4 Å². The molecule has 7 heteroatoms. The van der Waals surface area contributed by atoms with Crippen LogP contribution in [-0.2, 0) is 24.2 Å². The number of aliphatic hydroxyl groups is 1. The van der Waals surface area contributed by atoms with Gasteiger partial charge in [0.05, 0.1) is 13.2 Å². The van der Waals surface area contributed by atoms with Crippen LogP contribution in [0.4, 0.5) is 4.39 Å². The molecule has 0 aliphatic heterocycles. The predicted molar refractivity (Wildman–Crippen MR) is 135 cm³/mol. The molecular weight excluding hydrogens is 469 g/mol. The molecule has 5 nitrogen and oxygen atoms in total. The number of ether oxygens (including phenoxy) is 1. The zero-order chi connectivity index (χ0) is 24.9. The first-order valence-electron chi connectivity index (χ1n) is 11.8. The third-order valence-corrected chi connectivity index (χ3v) is 6.93. The topological polar surface area (TPSA) is 78.8 Å². The highest BCUT2D eigenvalue weighted by Gasteiger charge is 2.27. The summed E-state index contributed by atoms with van der Waals surface area (Å²) in [5.41, 5.74) is 5.66. The second kappa shape index (κ2) is 11.2. The van der Waals surface area contributed by atoms with Crippen molar-refractivity contribution in [3.8, 4) is 16.9 Å². The Kier molecular flexibility index (Phi) is 8.06. The minimum absolute atomic E-state index is 0.200. The molecule has 1 aliphatic carbocycles. The minimum Gasteiger partial charge on any atom is -0.494 e. The van der Waals surface area contributed by atoms with Crippen LogP contribution in [0.5, 0.6) is 5.75 Å². The van der Waals surface area contributed by atoms with E-state index in [1.807, 2.05) is 37.3 Å². The largest absolute Gasteiger partial charge is 0.494 e. The van der Waals surface area contributed by atoms with Crippen molar-refractivity contribution >= 4 is 17.6 Å². The number of carboxylic acid groups (broad SMARTS) is 1. The lowest BCUT2D eigenvalue weighted by atomic mass is 9.90. The van der Waals surface area contributed by atoms with Crippen molar-refractivity contribution in [3.63, 3.8) is 0 Å². The van der Waals surface area contributed by atoms with Gasteiger partial charge in [-0.25, -0.2) is 4.39 Å².